The summed E-state index contributed by atoms with van der Waals surface area (Å²) in [7, 11) is 0. The van der Waals surface area contributed by atoms with Gasteiger partial charge in [-0.1, -0.05) is 57.0 Å². The van der Waals surface area contributed by atoms with Crippen LogP contribution in [0.15, 0.2) is 18.2 Å². The molecule has 0 spiro atoms. The second kappa shape index (κ2) is 8.26. The third-order valence-corrected chi connectivity index (χ3v) is 4.34. The Morgan fingerprint density at radius 2 is 1.80 bits per heavy atom. The highest BCUT2D eigenvalue weighted by atomic mass is 35.5. The lowest BCUT2D eigenvalue weighted by Crippen LogP contribution is -2.25. The minimum Gasteiger partial charge on any atom is -0.316 e. The van der Waals surface area contributed by atoms with Crippen LogP contribution in [0, 0.1) is 11.3 Å². The van der Waals surface area contributed by atoms with Crippen LogP contribution in [-0.4, -0.2) is 13.1 Å². The van der Waals surface area contributed by atoms with E-state index in [1.54, 1.807) is 0 Å². The van der Waals surface area contributed by atoms with Crippen LogP contribution in [0.2, 0.25) is 10.0 Å². The Kier molecular flexibility index (Phi) is 7.36. The lowest BCUT2D eigenvalue weighted by atomic mass is 9.83. The van der Waals surface area contributed by atoms with Gasteiger partial charge < -0.3 is 5.32 Å². The van der Waals surface area contributed by atoms with Crippen LogP contribution >= 0.6 is 23.2 Å². The van der Waals surface area contributed by atoms with E-state index < -0.39 is 0 Å². The zero-order valence-electron chi connectivity index (χ0n) is 13.1. The molecule has 114 valence electrons. The first kappa shape index (κ1) is 17.8. The highest BCUT2D eigenvalue weighted by molar-refractivity contribution is 6.42. The van der Waals surface area contributed by atoms with Gasteiger partial charge in [-0.15, -0.1) is 0 Å². The summed E-state index contributed by atoms with van der Waals surface area (Å²) in [5.41, 5.74) is 1.61. The summed E-state index contributed by atoms with van der Waals surface area (Å²) in [6.45, 7) is 11.3. The van der Waals surface area contributed by atoms with Crippen molar-refractivity contribution >= 4 is 23.2 Å². The van der Waals surface area contributed by atoms with Gasteiger partial charge in [-0.3, -0.25) is 0 Å². The predicted octanol–water partition coefficient (Wildman–Crippen LogP) is 5.59. The number of benzene rings is 1. The first-order valence-electron chi connectivity index (χ1n) is 7.45. The fraction of sp³-hybridized carbons (Fsp3) is 0.647. The molecule has 1 N–H and O–H groups in total. The molecular formula is C17H27Cl2N. The second-order valence-corrected chi connectivity index (χ2v) is 7.58. The molecule has 1 aromatic carbocycles. The highest BCUT2D eigenvalue weighted by Crippen LogP contribution is 2.28. The number of hydrogen-bond acceptors (Lipinski definition) is 1. The van der Waals surface area contributed by atoms with Gasteiger partial charge in [0.25, 0.3) is 0 Å². The Bertz CT molecular complexity index is 413. The molecule has 1 nitrogen and oxygen atoms in total. The zero-order valence-corrected chi connectivity index (χ0v) is 14.6. The molecule has 3 heteroatoms. The molecule has 0 heterocycles. The zero-order chi connectivity index (χ0) is 15.2. The maximum atomic E-state index is 6.05. The number of rotatable bonds is 8. The van der Waals surface area contributed by atoms with Gasteiger partial charge in [0.05, 0.1) is 10.0 Å². The van der Waals surface area contributed by atoms with E-state index in [0.29, 0.717) is 21.4 Å². The smallest absolute Gasteiger partial charge is 0.0595 e. The van der Waals surface area contributed by atoms with E-state index in [4.69, 9.17) is 23.2 Å². The van der Waals surface area contributed by atoms with Gasteiger partial charge in [0.15, 0.2) is 0 Å². The molecule has 1 rings (SSSR count). The van der Waals surface area contributed by atoms with Crippen LogP contribution in [0.4, 0.5) is 0 Å². The number of nitrogens with one attached hydrogen (secondary N) is 1. The predicted molar refractivity (Wildman–Crippen MR) is 90.9 cm³/mol. The molecule has 0 aromatic heterocycles. The molecule has 0 aliphatic carbocycles. The van der Waals surface area contributed by atoms with Crippen LogP contribution < -0.4 is 5.32 Å². The van der Waals surface area contributed by atoms with Gasteiger partial charge in [0, 0.05) is 0 Å². The monoisotopic (exact) mass is 315 g/mol. The maximum absolute atomic E-state index is 6.05. The summed E-state index contributed by atoms with van der Waals surface area (Å²) < 4.78 is 0. The summed E-state index contributed by atoms with van der Waals surface area (Å²) in [5.74, 6) is 0.717. The minimum absolute atomic E-state index is 0.343. The molecule has 0 bridgehead atoms. The third kappa shape index (κ3) is 6.97. The fourth-order valence-corrected chi connectivity index (χ4v) is 2.44. The van der Waals surface area contributed by atoms with Gasteiger partial charge in [-0.2, -0.15) is 0 Å². The topological polar surface area (TPSA) is 12.0 Å². The van der Waals surface area contributed by atoms with Crippen molar-refractivity contribution in [2.45, 2.75) is 47.0 Å². The summed E-state index contributed by atoms with van der Waals surface area (Å²) in [6, 6.07) is 5.94. The number of aryl methyl sites for hydroxylation is 1. The number of halogens is 2. The van der Waals surface area contributed by atoms with E-state index in [-0.39, 0.29) is 0 Å². The molecule has 0 radical (unpaired) electrons. The van der Waals surface area contributed by atoms with Crippen LogP contribution in [0.25, 0.3) is 0 Å². The quantitative estimate of drug-likeness (QED) is 0.617. The van der Waals surface area contributed by atoms with Gasteiger partial charge in [0.2, 0.25) is 0 Å². The Morgan fingerprint density at radius 3 is 2.40 bits per heavy atom. The summed E-state index contributed by atoms with van der Waals surface area (Å²) in [6.07, 6.45) is 3.41. The minimum atomic E-state index is 0.343. The molecule has 0 aliphatic heterocycles. The van der Waals surface area contributed by atoms with Crippen LogP contribution in [0.5, 0.6) is 0 Å². The molecule has 0 amide bonds. The summed E-state index contributed by atoms with van der Waals surface area (Å²) >= 11 is 12.0. The molecule has 0 unspecified atom stereocenters. The average molecular weight is 316 g/mol. The van der Waals surface area contributed by atoms with Crippen molar-refractivity contribution in [2.24, 2.45) is 11.3 Å². The van der Waals surface area contributed by atoms with Gasteiger partial charge in [0.1, 0.15) is 0 Å². The van der Waals surface area contributed by atoms with Gasteiger partial charge in [-0.25, -0.2) is 0 Å². The lowest BCUT2D eigenvalue weighted by Gasteiger charge is -2.25. The first-order chi connectivity index (χ1) is 9.30. The molecular weight excluding hydrogens is 289 g/mol. The van der Waals surface area contributed by atoms with E-state index in [1.165, 1.54) is 12.0 Å². The Balaban J connectivity index is 2.36. The van der Waals surface area contributed by atoms with E-state index in [1.807, 2.05) is 12.1 Å². The fourth-order valence-electron chi connectivity index (χ4n) is 2.12. The Hall–Kier alpha value is -0.240. The molecule has 0 fully saturated rings. The lowest BCUT2D eigenvalue weighted by molar-refractivity contribution is 0.300. The highest BCUT2D eigenvalue weighted by Gasteiger charge is 2.17. The van der Waals surface area contributed by atoms with Crippen molar-refractivity contribution in [2.75, 3.05) is 13.1 Å². The van der Waals surface area contributed by atoms with E-state index in [0.717, 1.165) is 25.9 Å². The van der Waals surface area contributed by atoms with Crippen LogP contribution in [0.1, 0.15) is 46.1 Å². The van der Waals surface area contributed by atoms with E-state index >= 15 is 0 Å². The first-order valence-corrected chi connectivity index (χ1v) is 8.20. The van der Waals surface area contributed by atoms with Crippen molar-refractivity contribution in [1.29, 1.82) is 0 Å². The second-order valence-electron chi connectivity index (χ2n) is 6.76. The Morgan fingerprint density at radius 1 is 1.10 bits per heavy atom. The van der Waals surface area contributed by atoms with Crippen molar-refractivity contribution < 1.29 is 0 Å². The SMILES string of the molecule is CC(C)CNCCC(C)(C)CCc1ccc(Cl)c(Cl)c1. The maximum Gasteiger partial charge on any atom is 0.0595 e. The number of hydrogen-bond donors (Lipinski definition) is 1. The van der Waals surface area contributed by atoms with Gasteiger partial charge in [-0.05, 0) is 61.4 Å². The van der Waals surface area contributed by atoms with Crippen molar-refractivity contribution in [1.82, 2.24) is 5.32 Å². The van der Waals surface area contributed by atoms with E-state index in [9.17, 15) is 0 Å². The largest absolute Gasteiger partial charge is 0.316 e. The Labute approximate surface area is 134 Å². The molecule has 0 saturated heterocycles. The molecule has 0 saturated carbocycles. The molecule has 0 atom stereocenters. The van der Waals surface area contributed by atoms with E-state index in [2.05, 4.69) is 39.1 Å². The molecule has 20 heavy (non-hydrogen) atoms. The normalized spacial score (nSPS) is 12.2. The summed E-state index contributed by atoms with van der Waals surface area (Å²) in [5, 5.41) is 4.80. The van der Waals surface area contributed by atoms with Crippen molar-refractivity contribution in [3.05, 3.63) is 33.8 Å². The van der Waals surface area contributed by atoms with Crippen LogP contribution in [0.3, 0.4) is 0 Å². The average Bonchev–Trinajstić information content (AvgIpc) is 2.36. The van der Waals surface area contributed by atoms with Gasteiger partial charge >= 0.3 is 0 Å². The molecule has 0 aliphatic rings. The van der Waals surface area contributed by atoms with Crippen LogP contribution in [-0.2, 0) is 6.42 Å². The third-order valence-electron chi connectivity index (χ3n) is 3.61. The molecule has 1 aromatic rings. The van der Waals surface area contributed by atoms with Crippen molar-refractivity contribution in [3.63, 3.8) is 0 Å². The standard InChI is InChI=1S/C17H27Cl2N/c1-13(2)12-20-10-9-17(3,4)8-7-14-5-6-15(18)16(19)11-14/h5-6,11,13,20H,7-10,12H2,1-4H3. The van der Waals surface area contributed by atoms with Crippen molar-refractivity contribution in [3.8, 4) is 0 Å². The summed E-state index contributed by atoms with van der Waals surface area (Å²) in [4.78, 5) is 0.